The lowest BCUT2D eigenvalue weighted by Gasteiger charge is -2.35. The Kier molecular flexibility index (Phi) is 5.37. The van der Waals surface area contributed by atoms with Crippen LogP contribution < -0.4 is 0 Å². The van der Waals surface area contributed by atoms with Crippen molar-refractivity contribution in [3.05, 3.63) is 35.9 Å². The molecule has 3 nitrogen and oxygen atoms in total. The molecule has 2 rings (SSSR count). The zero-order valence-corrected chi connectivity index (χ0v) is 11.8. The maximum atomic E-state index is 10.4. The van der Waals surface area contributed by atoms with Crippen molar-refractivity contribution in [1.29, 1.82) is 0 Å². The van der Waals surface area contributed by atoms with E-state index in [1.807, 2.05) is 0 Å². The minimum absolute atomic E-state index is 0.542. The van der Waals surface area contributed by atoms with E-state index >= 15 is 0 Å². The second-order valence-electron chi connectivity index (χ2n) is 5.66. The van der Waals surface area contributed by atoms with E-state index in [9.17, 15) is 5.11 Å². The van der Waals surface area contributed by atoms with Gasteiger partial charge >= 0.3 is 0 Å². The lowest BCUT2D eigenvalue weighted by atomic mass is 9.94. The van der Waals surface area contributed by atoms with Crippen LogP contribution in [0.25, 0.3) is 0 Å². The van der Waals surface area contributed by atoms with Crippen LogP contribution in [0.2, 0.25) is 0 Å². The summed E-state index contributed by atoms with van der Waals surface area (Å²) in [5.41, 5.74) is 0.848. The van der Waals surface area contributed by atoms with Crippen LogP contribution in [0.4, 0.5) is 0 Å². The number of aliphatic hydroxyl groups is 1. The highest BCUT2D eigenvalue weighted by Gasteiger charge is 2.30. The lowest BCUT2D eigenvalue weighted by Crippen LogP contribution is -2.45. The average Bonchev–Trinajstić information content (AvgIpc) is 2.40. The van der Waals surface area contributed by atoms with Crippen LogP contribution in [0.5, 0.6) is 0 Å². The molecule has 0 aliphatic carbocycles. The van der Waals surface area contributed by atoms with Gasteiger partial charge in [-0.05, 0) is 32.0 Å². The predicted molar refractivity (Wildman–Crippen MR) is 77.3 cm³/mol. The number of likely N-dealkylation sites (N-methyl/N-ethyl adjacent to an activating group) is 1. The molecular weight excluding hydrogens is 238 g/mol. The number of aryl methyl sites for hydroxylation is 1. The zero-order chi connectivity index (χ0) is 13.6. The van der Waals surface area contributed by atoms with Gasteiger partial charge in [0.1, 0.15) is 0 Å². The Balaban J connectivity index is 1.68. The molecule has 1 N–H and O–H groups in total. The molecule has 0 amide bonds. The zero-order valence-electron chi connectivity index (χ0n) is 11.8. The van der Waals surface area contributed by atoms with Gasteiger partial charge in [-0.15, -0.1) is 0 Å². The first kappa shape index (κ1) is 14.5. The Hall–Kier alpha value is -0.900. The Morgan fingerprint density at radius 2 is 1.89 bits per heavy atom. The molecule has 1 fully saturated rings. The summed E-state index contributed by atoms with van der Waals surface area (Å²) >= 11 is 0. The van der Waals surface area contributed by atoms with Crippen LogP contribution in [-0.4, -0.2) is 49.0 Å². The van der Waals surface area contributed by atoms with Crippen LogP contribution in [-0.2, 0) is 11.2 Å². The molecule has 106 valence electrons. The van der Waals surface area contributed by atoms with Gasteiger partial charge < -0.3 is 14.7 Å². The van der Waals surface area contributed by atoms with Gasteiger partial charge in [0.15, 0.2) is 0 Å². The van der Waals surface area contributed by atoms with Gasteiger partial charge in [0.25, 0.3) is 0 Å². The SMILES string of the molecule is CN(CCCc1ccccc1)CC1(O)CCOCC1. The van der Waals surface area contributed by atoms with Gasteiger partial charge in [-0.25, -0.2) is 0 Å². The second kappa shape index (κ2) is 7.04. The fourth-order valence-electron chi connectivity index (χ4n) is 2.69. The highest BCUT2D eigenvalue weighted by atomic mass is 16.5. The predicted octanol–water partition coefficient (Wildman–Crippen LogP) is 2.09. The molecule has 0 aromatic heterocycles. The average molecular weight is 263 g/mol. The van der Waals surface area contributed by atoms with E-state index < -0.39 is 5.60 Å². The van der Waals surface area contributed by atoms with E-state index in [1.54, 1.807) is 0 Å². The Bertz CT molecular complexity index is 360. The van der Waals surface area contributed by atoms with Crippen molar-refractivity contribution in [2.75, 3.05) is 33.4 Å². The van der Waals surface area contributed by atoms with Gasteiger partial charge in [0.2, 0.25) is 0 Å². The number of nitrogens with zero attached hydrogens (tertiary/aromatic N) is 1. The third-order valence-electron chi connectivity index (χ3n) is 3.84. The third kappa shape index (κ3) is 4.94. The summed E-state index contributed by atoms with van der Waals surface area (Å²) in [5, 5.41) is 10.4. The summed E-state index contributed by atoms with van der Waals surface area (Å²) in [5.74, 6) is 0. The molecule has 3 heteroatoms. The van der Waals surface area contributed by atoms with E-state index in [1.165, 1.54) is 5.56 Å². The normalized spacial score (nSPS) is 18.7. The van der Waals surface area contributed by atoms with Crippen molar-refractivity contribution in [2.24, 2.45) is 0 Å². The van der Waals surface area contributed by atoms with Gasteiger partial charge in [0.05, 0.1) is 5.60 Å². The summed E-state index contributed by atoms with van der Waals surface area (Å²) < 4.78 is 5.31. The van der Waals surface area contributed by atoms with Crippen molar-refractivity contribution < 1.29 is 9.84 Å². The number of ether oxygens (including phenoxy) is 1. The third-order valence-corrected chi connectivity index (χ3v) is 3.84. The first-order valence-electron chi connectivity index (χ1n) is 7.21. The maximum absolute atomic E-state index is 10.4. The fourth-order valence-corrected chi connectivity index (χ4v) is 2.69. The number of hydrogen-bond donors (Lipinski definition) is 1. The molecule has 0 bridgehead atoms. The van der Waals surface area contributed by atoms with Crippen LogP contribution >= 0.6 is 0 Å². The highest BCUT2D eigenvalue weighted by Crippen LogP contribution is 2.21. The molecule has 1 aromatic carbocycles. The summed E-state index contributed by atoms with van der Waals surface area (Å²) in [6, 6.07) is 10.6. The minimum atomic E-state index is -0.542. The number of benzene rings is 1. The van der Waals surface area contributed by atoms with Crippen LogP contribution in [0.15, 0.2) is 30.3 Å². The Labute approximate surface area is 116 Å². The molecule has 0 radical (unpaired) electrons. The van der Waals surface area contributed by atoms with Gasteiger partial charge in [-0.3, -0.25) is 0 Å². The van der Waals surface area contributed by atoms with Gasteiger partial charge in [0, 0.05) is 32.6 Å². The monoisotopic (exact) mass is 263 g/mol. The summed E-state index contributed by atoms with van der Waals surface area (Å²) in [6.07, 6.45) is 3.76. The topological polar surface area (TPSA) is 32.7 Å². The molecule has 0 unspecified atom stereocenters. The Morgan fingerprint density at radius 3 is 2.58 bits per heavy atom. The standard InChI is InChI=1S/C16H25NO2/c1-17(14-16(18)9-12-19-13-10-16)11-5-8-15-6-3-2-4-7-15/h2-4,6-7,18H,5,8-14H2,1H3. The van der Waals surface area contributed by atoms with Crippen LogP contribution in [0.3, 0.4) is 0 Å². The summed E-state index contributed by atoms with van der Waals surface area (Å²) in [6.45, 7) is 3.16. The molecule has 1 aliphatic rings. The van der Waals surface area contributed by atoms with Gasteiger partial charge in [-0.2, -0.15) is 0 Å². The van der Waals surface area contributed by atoms with Crippen LogP contribution in [0.1, 0.15) is 24.8 Å². The Morgan fingerprint density at radius 1 is 1.21 bits per heavy atom. The molecule has 1 saturated heterocycles. The highest BCUT2D eigenvalue weighted by molar-refractivity contribution is 5.14. The van der Waals surface area contributed by atoms with Gasteiger partial charge in [-0.1, -0.05) is 30.3 Å². The molecule has 0 spiro atoms. The quantitative estimate of drug-likeness (QED) is 0.853. The first-order valence-corrected chi connectivity index (χ1v) is 7.21. The molecule has 1 aliphatic heterocycles. The minimum Gasteiger partial charge on any atom is -0.388 e. The molecule has 19 heavy (non-hydrogen) atoms. The summed E-state index contributed by atoms with van der Waals surface area (Å²) in [7, 11) is 2.10. The van der Waals surface area contributed by atoms with E-state index in [0.717, 1.165) is 38.8 Å². The van der Waals surface area contributed by atoms with E-state index in [0.29, 0.717) is 13.2 Å². The lowest BCUT2D eigenvalue weighted by molar-refractivity contribution is -0.0768. The fraction of sp³-hybridized carbons (Fsp3) is 0.625. The second-order valence-corrected chi connectivity index (χ2v) is 5.66. The number of rotatable bonds is 6. The van der Waals surface area contributed by atoms with Crippen molar-refractivity contribution >= 4 is 0 Å². The molecule has 1 aromatic rings. The molecular formula is C16H25NO2. The van der Waals surface area contributed by atoms with E-state index in [2.05, 4.69) is 42.3 Å². The van der Waals surface area contributed by atoms with Crippen molar-refractivity contribution in [2.45, 2.75) is 31.3 Å². The summed E-state index contributed by atoms with van der Waals surface area (Å²) in [4.78, 5) is 2.24. The van der Waals surface area contributed by atoms with Crippen molar-refractivity contribution in [3.8, 4) is 0 Å². The van der Waals surface area contributed by atoms with E-state index in [4.69, 9.17) is 4.74 Å². The first-order chi connectivity index (χ1) is 9.18. The van der Waals surface area contributed by atoms with E-state index in [-0.39, 0.29) is 0 Å². The molecule has 0 atom stereocenters. The van der Waals surface area contributed by atoms with Crippen molar-refractivity contribution in [3.63, 3.8) is 0 Å². The molecule has 1 heterocycles. The van der Waals surface area contributed by atoms with Crippen LogP contribution in [0, 0.1) is 0 Å². The maximum Gasteiger partial charge on any atom is 0.0817 e. The molecule has 0 saturated carbocycles. The largest absolute Gasteiger partial charge is 0.388 e. The number of hydrogen-bond acceptors (Lipinski definition) is 3. The van der Waals surface area contributed by atoms with Crippen molar-refractivity contribution in [1.82, 2.24) is 4.90 Å². The smallest absolute Gasteiger partial charge is 0.0817 e.